The largest absolute Gasteiger partial charge is 0.394 e. The molecule has 0 radical (unpaired) electrons. The van der Waals surface area contributed by atoms with Crippen molar-refractivity contribution < 1.29 is 9.90 Å². The third-order valence-electron chi connectivity index (χ3n) is 3.13. The first kappa shape index (κ1) is 14.1. The molecule has 0 spiro atoms. The SMILES string of the molecule is CNc1ccccc1C(=O)N[C@@H](CO)c1ccccc1. The van der Waals surface area contributed by atoms with Crippen molar-refractivity contribution in [3.63, 3.8) is 0 Å². The summed E-state index contributed by atoms with van der Waals surface area (Å²) in [6.45, 7) is -0.141. The fourth-order valence-electron chi connectivity index (χ4n) is 2.05. The fraction of sp³-hybridized carbons (Fsp3) is 0.188. The number of hydrogen-bond acceptors (Lipinski definition) is 3. The molecule has 4 nitrogen and oxygen atoms in total. The van der Waals surface area contributed by atoms with Gasteiger partial charge in [0.25, 0.3) is 5.91 Å². The van der Waals surface area contributed by atoms with Gasteiger partial charge in [0.2, 0.25) is 0 Å². The first-order valence-corrected chi connectivity index (χ1v) is 6.49. The Bertz CT molecular complexity index is 570. The van der Waals surface area contributed by atoms with Crippen LogP contribution >= 0.6 is 0 Å². The van der Waals surface area contributed by atoms with E-state index in [1.807, 2.05) is 48.5 Å². The quantitative estimate of drug-likeness (QED) is 0.780. The van der Waals surface area contributed by atoms with Crippen LogP contribution in [0.4, 0.5) is 5.69 Å². The molecule has 0 bridgehead atoms. The van der Waals surface area contributed by atoms with Gasteiger partial charge in [0.1, 0.15) is 0 Å². The van der Waals surface area contributed by atoms with Crippen molar-refractivity contribution in [3.05, 3.63) is 65.7 Å². The van der Waals surface area contributed by atoms with Crippen LogP contribution in [0.3, 0.4) is 0 Å². The number of hydrogen-bond donors (Lipinski definition) is 3. The summed E-state index contributed by atoms with van der Waals surface area (Å²) in [5.74, 6) is -0.210. The number of benzene rings is 2. The highest BCUT2D eigenvalue weighted by molar-refractivity contribution is 5.99. The summed E-state index contributed by atoms with van der Waals surface area (Å²) >= 11 is 0. The van der Waals surface area contributed by atoms with E-state index in [2.05, 4.69) is 10.6 Å². The molecule has 2 aromatic rings. The molecule has 0 aromatic heterocycles. The van der Waals surface area contributed by atoms with Crippen molar-refractivity contribution in [3.8, 4) is 0 Å². The third-order valence-corrected chi connectivity index (χ3v) is 3.13. The van der Waals surface area contributed by atoms with Crippen molar-refractivity contribution in [2.24, 2.45) is 0 Å². The van der Waals surface area contributed by atoms with E-state index in [0.29, 0.717) is 5.56 Å². The van der Waals surface area contributed by atoms with Crippen molar-refractivity contribution in [1.82, 2.24) is 5.32 Å². The highest BCUT2D eigenvalue weighted by Gasteiger charge is 2.16. The predicted molar refractivity (Wildman–Crippen MR) is 79.7 cm³/mol. The third kappa shape index (κ3) is 3.16. The number of rotatable bonds is 5. The Morgan fingerprint density at radius 3 is 2.40 bits per heavy atom. The number of carbonyl (C=O) groups excluding carboxylic acids is 1. The van der Waals surface area contributed by atoms with Gasteiger partial charge in [-0.3, -0.25) is 4.79 Å². The maximum absolute atomic E-state index is 12.3. The monoisotopic (exact) mass is 270 g/mol. The van der Waals surface area contributed by atoms with Crippen LogP contribution in [-0.2, 0) is 0 Å². The van der Waals surface area contributed by atoms with Gasteiger partial charge in [-0.2, -0.15) is 0 Å². The summed E-state index contributed by atoms with van der Waals surface area (Å²) in [4.78, 5) is 12.3. The summed E-state index contributed by atoms with van der Waals surface area (Å²) in [5.41, 5.74) is 2.20. The van der Waals surface area contributed by atoms with Gasteiger partial charge in [0.05, 0.1) is 18.2 Å². The molecule has 1 atom stereocenters. The average molecular weight is 270 g/mol. The number of carbonyl (C=O) groups is 1. The summed E-state index contributed by atoms with van der Waals surface area (Å²) in [5, 5.41) is 15.3. The van der Waals surface area contributed by atoms with Crippen LogP contribution in [0.15, 0.2) is 54.6 Å². The molecule has 0 unspecified atom stereocenters. The molecular formula is C16H18N2O2. The van der Waals surface area contributed by atoms with Crippen LogP contribution in [0.1, 0.15) is 22.0 Å². The first-order chi connectivity index (χ1) is 9.76. The van der Waals surface area contributed by atoms with E-state index in [0.717, 1.165) is 11.3 Å². The molecule has 104 valence electrons. The van der Waals surface area contributed by atoms with Gasteiger partial charge in [-0.25, -0.2) is 0 Å². The van der Waals surface area contributed by atoms with Gasteiger partial charge in [-0.1, -0.05) is 42.5 Å². The molecule has 0 saturated carbocycles. The zero-order valence-electron chi connectivity index (χ0n) is 11.3. The maximum atomic E-state index is 12.3. The molecule has 0 aliphatic rings. The minimum atomic E-state index is -0.409. The maximum Gasteiger partial charge on any atom is 0.253 e. The number of para-hydroxylation sites is 1. The van der Waals surface area contributed by atoms with Gasteiger partial charge < -0.3 is 15.7 Å². The summed E-state index contributed by atoms with van der Waals surface area (Å²) in [6.07, 6.45) is 0. The Morgan fingerprint density at radius 1 is 1.10 bits per heavy atom. The van der Waals surface area contributed by atoms with Gasteiger partial charge in [0.15, 0.2) is 0 Å². The molecule has 0 saturated heterocycles. The topological polar surface area (TPSA) is 61.4 Å². The molecule has 0 fully saturated rings. The summed E-state index contributed by atoms with van der Waals surface area (Å²) in [7, 11) is 1.77. The van der Waals surface area contributed by atoms with Crippen molar-refractivity contribution in [2.75, 3.05) is 19.0 Å². The van der Waals surface area contributed by atoms with Crippen molar-refractivity contribution >= 4 is 11.6 Å². The van der Waals surface area contributed by atoms with Crippen molar-refractivity contribution in [1.29, 1.82) is 0 Å². The fourth-order valence-corrected chi connectivity index (χ4v) is 2.05. The minimum absolute atomic E-state index is 0.141. The zero-order valence-corrected chi connectivity index (χ0v) is 11.3. The minimum Gasteiger partial charge on any atom is -0.394 e. The first-order valence-electron chi connectivity index (χ1n) is 6.49. The number of amides is 1. The lowest BCUT2D eigenvalue weighted by molar-refractivity contribution is 0.0917. The molecule has 0 aliphatic carbocycles. The molecule has 2 aromatic carbocycles. The number of nitrogens with one attached hydrogen (secondary N) is 2. The Labute approximate surface area is 118 Å². The molecule has 0 aliphatic heterocycles. The zero-order chi connectivity index (χ0) is 14.4. The number of aliphatic hydroxyl groups is 1. The molecule has 0 heterocycles. The van der Waals surface area contributed by atoms with Gasteiger partial charge in [-0.15, -0.1) is 0 Å². The lowest BCUT2D eigenvalue weighted by atomic mass is 10.1. The Balaban J connectivity index is 2.18. The average Bonchev–Trinajstić information content (AvgIpc) is 2.53. The van der Waals surface area contributed by atoms with Gasteiger partial charge >= 0.3 is 0 Å². The second kappa shape index (κ2) is 6.73. The van der Waals surface area contributed by atoms with Crippen LogP contribution in [0, 0.1) is 0 Å². The molecular weight excluding hydrogens is 252 g/mol. The predicted octanol–water partition coefficient (Wildman–Crippen LogP) is 2.19. The highest BCUT2D eigenvalue weighted by atomic mass is 16.3. The van der Waals surface area contributed by atoms with Gasteiger partial charge in [-0.05, 0) is 17.7 Å². The van der Waals surface area contributed by atoms with Crippen LogP contribution in [-0.4, -0.2) is 24.7 Å². The van der Waals surface area contributed by atoms with E-state index in [-0.39, 0.29) is 12.5 Å². The van der Waals surface area contributed by atoms with Crippen molar-refractivity contribution in [2.45, 2.75) is 6.04 Å². The van der Waals surface area contributed by atoms with Gasteiger partial charge in [0, 0.05) is 12.7 Å². The smallest absolute Gasteiger partial charge is 0.253 e. The lowest BCUT2D eigenvalue weighted by Gasteiger charge is -2.18. The van der Waals surface area contributed by atoms with Crippen LogP contribution in [0.2, 0.25) is 0 Å². The standard InChI is InChI=1S/C16H18N2O2/c1-17-14-10-6-5-9-13(14)16(20)18-15(11-19)12-7-3-2-4-8-12/h2-10,15,17,19H,11H2,1H3,(H,18,20)/t15-/m0/s1. The van der Waals surface area contributed by atoms with Crippen LogP contribution in [0.5, 0.6) is 0 Å². The molecule has 2 rings (SSSR count). The van der Waals surface area contributed by atoms with E-state index in [4.69, 9.17) is 0 Å². The lowest BCUT2D eigenvalue weighted by Crippen LogP contribution is -2.31. The van der Waals surface area contributed by atoms with Crippen LogP contribution in [0.25, 0.3) is 0 Å². The van der Waals surface area contributed by atoms with Crippen LogP contribution < -0.4 is 10.6 Å². The Morgan fingerprint density at radius 2 is 1.75 bits per heavy atom. The van der Waals surface area contributed by atoms with E-state index in [1.165, 1.54) is 0 Å². The second-order valence-electron chi connectivity index (χ2n) is 4.41. The normalized spacial score (nSPS) is 11.7. The summed E-state index contributed by atoms with van der Waals surface area (Å²) in [6, 6.07) is 16.3. The molecule has 3 N–H and O–H groups in total. The molecule has 1 amide bonds. The molecule has 4 heteroatoms. The number of aliphatic hydroxyl groups excluding tert-OH is 1. The highest BCUT2D eigenvalue weighted by Crippen LogP contribution is 2.17. The number of anilines is 1. The summed E-state index contributed by atoms with van der Waals surface area (Å²) < 4.78 is 0. The molecule has 20 heavy (non-hydrogen) atoms. The Hall–Kier alpha value is -2.33. The van der Waals surface area contributed by atoms with E-state index in [9.17, 15) is 9.90 Å². The van der Waals surface area contributed by atoms with E-state index in [1.54, 1.807) is 13.1 Å². The second-order valence-corrected chi connectivity index (χ2v) is 4.41. The Kier molecular flexibility index (Phi) is 4.74. The van der Waals surface area contributed by atoms with E-state index < -0.39 is 6.04 Å². The van der Waals surface area contributed by atoms with E-state index >= 15 is 0 Å².